The lowest BCUT2D eigenvalue weighted by Crippen LogP contribution is -2.53. The van der Waals surface area contributed by atoms with Crippen molar-refractivity contribution in [1.29, 1.82) is 0 Å². The number of fused-ring (bicyclic) bond motifs is 1. The lowest BCUT2D eigenvalue weighted by atomic mass is 9.71. The zero-order valence-corrected chi connectivity index (χ0v) is 15.3. The molecule has 5 heteroatoms. The summed E-state index contributed by atoms with van der Waals surface area (Å²) in [5.41, 5.74) is 0.462. The maximum absolute atomic E-state index is 12.3. The number of benzene rings is 1. The summed E-state index contributed by atoms with van der Waals surface area (Å²) in [4.78, 5) is 15.7. The highest BCUT2D eigenvalue weighted by atomic mass is 32.2. The third-order valence-corrected chi connectivity index (χ3v) is 6.34. The minimum atomic E-state index is -0.436. The number of rotatable bonds is 5. The maximum Gasteiger partial charge on any atom is 0.225 e. The van der Waals surface area contributed by atoms with Gasteiger partial charge in [0.25, 0.3) is 0 Å². The molecule has 1 aromatic carbocycles. The molecule has 0 spiro atoms. The number of carbonyl (C=O) groups excluding carboxylic acids is 1. The van der Waals surface area contributed by atoms with Crippen molar-refractivity contribution in [1.82, 2.24) is 4.90 Å². The Morgan fingerprint density at radius 2 is 2.21 bits per heavy atom. The van der Waals surface area contributed by atoms with Crippen LogP contribution < -0.4 is 5.32 Å². The van der Waals surface area contributed by atoms with Crippen LogP contribution in [0.5, 0.6) is 0 Å². The topological polar surface area (TPSA) is 52.6 Å². The minimum absolute atomic E-state index is 0.0704. The van der Waals surface area contributed by atoms with E-state index in [1.807, 2.05) is 30.5 Å². The predicted octanol–water partition coefficient (Wildman–Crippen LogP) is 3.36. The molecule has 4 nitrogen and oxygen atoms in total. The van der Waals surface area contributed by atoms with E-state index >= 15 is 0 Å². The van der Waals surface area contributed by atoms with Gasteiger partial charge in [0.15, 0.2) is 0 Å². The maximum atomic E-state index is 12.3. The van der Waals surface area contributed by atoms with Gasteiger partial charge in [0.1, 0.15) is 0 Å². The van der Waals surface area contributed by atoms with Crippen LogP contribution in [0.3, 0.4) is 0 Å². The van der Waals surface area contributed by atoms with Crippen LogP contribution in [-0.4, -0.2) is 47.4 Å². The van der Waals surface area contributed by atoms with Crippen molar-refractivity contribution >= 4 is 23.4 Å². The van der Waals surface area contributed by atoms with E-state index in [9.17, 15) is 9.90 Å². The van der Waals surface area contributed by atoms with Gasteiger partial charge in [0.2, 0.25) is 5.91 Å². The zero-order valence-electron chi connectivity index (χ0n) is 14.5. The lowest BCUT2D eigenvalue weighted by molar-refractivity contribution is -0.117. The lowest BCUT2D eigenvalue weighted by Gasteiger charge is -2.47. The van der Waals surface area contributed by atoms with Crippen molar-refractivity contribution in [2.75, 3.05) is 31.2 Å². The van der Waals surface area contributed by atoms with Crippen LogP contribution in [0.25, 0.3) is 0 Å². The van der Waals surface area contributed by atoms with Gasteiger partial charge in [0, 0.05) is 36.9 Å². The Kier molecular flexibility index (Phi) is 5.85. The normalized spacial score (nSPS) is 27.5. The number of piperidine rings is 1. The number of hydrogen-bond donors (Lipinski definition) is 2. The number of hydrogen-bond acceptors (Lipinski definition) is 4. The summed E-state index contributed by atoms with van der Waals surface area (Å²) >= 11 is 1.64. The molecule has 2 N–H and O–H groups in total. The van der Waals surface area contributed by atoms with E-state index in [1.165, 1.54) is 6.42 Å². The van der Waals surface area contributed by atoms with E-state index in [2.05, 4.69) is 10.2 Å². The number of anilines is 1. The highest BCUT2D eigenvalue weighted by Gasteiger charge is 2.42. The summed E-state index contributed by atoms with van der Waals surface area (Å²) in [6.45, 7) is 2.62. The van der Waals surface area contributed by atoms with Crippen LogP contribution in [0.4, 0.5) is 5.69 Å². The molecule has 132 valence electrons. The van der Waals surface area contributed by atoms with E-state index in [-0.39, 0.29) is 5.91 Å². The van der Waals surface area contributed by atoms with Gasteiger partial charge in [-0.15, -0.1) is 11.8 Å². The molecule has 1 saturated carbocycles. The highest BCUT2D eigenvalue weighted by molar-refractivity contribution is 7.98. The number of carbonyl (C=O) groups is 1. The van der Waals surface area contributed by atoms with Crippen LogP contribution >= 0.6 is 11.8 Å². The average Bonchev–Trinajstić information content (AvgIpc) is 2.60. The second-order valence-corrected chi connectivity index (χ2v) is 7.94. The Bertz CT molecular complexity index is 580. The average molecular weight is 349 g/mol. The Hall–Kier alpha value is -1.04. The molecule has 24 heavy (non-hydrogen) atoms. The van der Waals surface area contributed by atoms with Crippen molar-refractivity contribution < 1.29 is 9.90 Å². The molecule has 2 fully saturated rings. The monoisotopic (exact) mass is 348 g/mol. The smallest absolute Gasteiger partial charge is 0.225 e. The van der Waals surface area contributed by atoms with Crippen molar-refractivity contribution in [3.05, 3.63) is 24.3 Å². The molecule has 0 aromatic heterocycles. The van der Waals surface area contributed by atoms with Gasteiger partial charge in [-0.1, -0.05) is 25.0 Å². The summed E-state index contributed by atoms with van der Waals surface area (Å²) in [6, 6.07) is 7.91. The first-order valence-electron chi connectivity index (χ1n) is 8.98. The zero-order chi connectivity index (χ0) is 17.0. The number of likely N-dealkylation sites (tertiary alicyclic amines) is 1. The van der Waals surface area contributed by atoms with Gasteiger partial charge in [0.05, 0.1) is 11.3 Å². The van der Waals surface area contributed by atoms with Gasteiger partial charge in [-0.25, -0.2) is 0 Å². The Labute approximate surface area is 149 Å². The first-order chi connectivity index (χ1) is 11.6. The van der Waals surface area contributed by atoms with Crippen LogP contribution in [0.15, 0.2) is 29.2 Å². The highest BCUT2D eigenvalue weighted by Crippen LogP contribution is 2.39. The first kappa shape index (κ1) is 17.8. The fraction of sp³-hybridized carbons (Fsp3) is 0.632. The fourth-order valence-corrected chi connectivity index (χ4v) is 4.62. The molecule has 2 atom stereocenters. The fourth-order valence-electron chi connectivity index (χ4n) is 4.06. The molecule has 1 amide bonds. The van der Waals surface area contributed by atoms with Crippen LogP contribution in [0.1, 0.15) is 38.5 Å². The number of aliphatic hydroxyl groups is 1. The Morgan fingerprint density at radius 1 is 1.38 bits per heavy atom. The molecule has 1 aromatic rings. The van der Waals surface area contributed by atoms with Crippen LogP contribution in [-0.2, 0) is 4.79 Å². The number of thioether (sulfide) groups is 1. The number of nitrogens with one attached hydrogen (secondary N) is 1. The number of para-hydroxylation sites is 1. The third kappa shape index (κ3) is 4.13. The third-order valence-electron chi connectivity index (χ3n) is 5.55. The largest absolute Gasteiger partial charge is 0.390 e. The molecule has 1 heterocycles. The van der Waals surface area contributed by atoms with Crippen molar-refractivity contribution in [2.24, 2.45) is 5.92 Å². The van der Waals surface area contributed by atoms with Gasteiger partial charge in [-0.05, 0) is 37.7 Å². The quantitative estimate of drug-likeness (QED) is 0.801. The Morgan fingerprint density at radius 3 is 3.04 bits per heavy atom. The summed E-state index contributed by atoms with van der Waals surface area (Å²) < 4.78 is 0. The first-order valence-corrected chi connectivity index (χ1v) is 10.2. The molecule has 3 rings (SSSR count). The van der Waals surface area contributed by atoms with E-state index in [1.54, 1.807) is 11.8 Å². The molecular weight excluding hydrogens is 320 g/mol. The van der Waals surface area contributed by atoms with Crippen LogP contribution in [0, 0.1) is 5.92 Å². The van der Waals surface area contributed by atoms with E-state index in [4.69, 9.17) is 0 Å². The van der Waals surface area contributed by atoms with E-state index in [0.717, 1.165) is 55.9 Å². The van der Waals surface area contributed by atoms with E-state index < -0.39 is 5.60 Å². The van der Waals surface area contributed by atoms with E-state index in [0.29, 0.717) is 12.3 Å². The minimum Gasteiger partial charge on any atom is -0.390 e. The molecule has 2 aliphatic rings. The van der Waals surface area contributed by atoms with Crippen molar-refractivity contribution in [3.8, 4) is 0 Å². The summed E-state index contributed by atoms with van der Waals surface area (Å²) in [5.74, 6) is 0.459. The molecule has 1 aliphatic carbocycles. The summed E-state index contributed by atoms with van der Waals surface area (Å²) in [5, 5.41) is 13.8. The van der Waals surface area contributed by atoms with Crippen molar-refractivity contribution in [3.63, 3.8) is 0 Å². The van der Waals surface area contributed by atoms with Crippen molar-refractivity contribution in [2.45, 2.75) is 49.0 Å². The van der Waals surface area contributed by atoms with Gasteiger partial charge >= 0.3 is 0 Å². The molecule has 2 unspecified atom stereocenters. The van der Waals surface area contributed by atoms with Gasteiger partial charge < -0.3 is 15.3 Å². The predicted molar refractivity (Wildman–Crippen MR) is 99.4 cm³/mol. The summed E-state index contributed by atoms with van der Waals surface area (Å²) in [6.07, 6.45) is 7.85. The second kappa shape index (κ2) is 7.89. The number of nitrogens with zero attached hydrogens (tertiary/aromatic N) is 1. The molecular formula is C19H28N2O2S. The van der Waals surface area contributed by atoms with Crippen LogP contribution in [0.2, 0.25) is 0 Å². The molecule has 0 radical (unpaired) electrons. The second-order valence-electron chi connectivity index (χ2n) is 7.10. The molecule has 0 bridgehead atoms. The van der Waals surface area contributed by atoms with Gasteiger partial charge in [-0.3, -0.25) is 4.79 Å². The summed E-state index contributed by atoms with van der Waals surface area (Å²) in [7, 11) is 0. The Balaban J connectivity index is 1.48. The molecule has 1 saturated heterocycles. The number of amides is 1. The van der Waals surface area contributed by atoms with Gasteiger partial charge in [-0.2, -0.15) is 0 Å². The molecule has 1 aliphatic heterocycles. The standard InChI is InChI=1S/C19H28N2O2S/c1-24-17-8-3-2-7-16(17)20-18(22)9-12-21-13-11-19(23)10-5-4-6-15(19)14-21/h2-3,7-8,15,23H,4-6,9-14H2,1H3,(H,20,22). The SMILES string of the molecule is CSc1ccccc1NC(=O)CCN1CCC2(O)CCCCC2C1.